The van der Waals surface area contributed by atoms with Gasteiger partial charge in [0.05, 0.1) is 5.56 Å². The fraction of sp³-hybridized carbons (Fsp3) is 0.0714. The van der Waals surface area contributed by atoms with Gasteiger partial charge in [0.15, 0.2) is 17.3 Å². The van der Waals surface area contributed by atoms with Crippen molar-refractivity contribution in [2.24, 2.45) is 0 Å². The number of halogens is 4. The lowest BCUT2D eigenvalue weighted by Crippen LogP contribution is -2.02. The van der Waals surface area contributed by atoms with Gasteiger partial charge in [0.25, 0.3) is 0 Å². The molecule has 0 fully saturated rings. The van der Waals surface area contributed by atoms with Gasteiger partial charge in [-0.3, -0.25) is 4.79 Å². The van der Waals surface area contributed by atoms with Crippen molar-refractivity contribution in [3.63, 3.8) is 0 Å². The second-order valence-corrected chi connectivity index (χ2v) is 4.89. The minimum atomic E-state index is -1.22. The quantitative estimate of drug-likeness (QED) is 0.587. The Hall–Kier alpha value is -1.82. The molecule has 2 aromatic rings. The van der Waals surface area contributed by atoms with Gasteiger partial charge in [0.2, 0.25) is 5.82 Å². The van der Waals surface area contributed by atoms with Crippen molar-refractivity contribution in [3.8, 4) is 11.5 Å². The van der Waals surface area contributed by atoms with Crippen LogP contribution in [0, 0.1) is 17.5 Å². The summed E-state index contributed by atoms with van der Waals surface area (Å²) >= 11 is 2.99. The zero-order chi connectivity index (χ0) is 14.9. The van der Waals surface area contributed by atoms with Crippen molar-refractivity contribution in [2.75, 3.05) is 0 Å². The van der Waals surface area contributed by atoms with Crippen LogP contribution in [0.4, 0.5) is 13.2 Å². The average molecular weight is 345 g/mol. The molecule has 0 atom stereocenters. The highest BCUT2D eigenvalue weighted by atomic mass is 79.9. The molecule has 2 rings (SSSR count). The van der Waals surface area contributed by atoms with E-state index in [2.05, 4.69) is 15.9 Å². The van der Waals surface area contributed by atoms with Crippen LogP contribution in [0.5, 0.6) is 11.5 Å². The number of rotatable bonds is 3. The van der Waals surface area contributed by atoms with Crippen molar-refractivity contribution < 1.29 is 22.7 Å². The molecule has 0 heterocycles. The Kier molecular flexibility index (Phi) is 4.13. The highest BCUT2D eigenvalue weighted by Crippen LogP contribution is 2.32. The lowest BCUT2D eigenvalue weighted by atomic mass is 10.1. The average Bonchev–Trinajstić information content (AvgIpc) is 2.35. The third kappa shape index (κ3) is 2.85. The Morgan fingerprint density at radius 2 is 1.80 bits per heavy atom. The van der Waals surface area contributed by atoms with Crippen molar-refractivity contribution in [1.82, 2.24) is 0 Å². The first kappa shape index (κ1) is 14.6. The van der Waals surface area contributed by atoms with Crippen LogP contribution in [0.1, 0.15) is 17.3 Å². The van der Waals surface area contributed by atoms with Crippen LogP contribution in [0.2, 0.25) is 0 Å². The molecule has 0 aliphatic carbocycles. The lowest BCUT2D eigenvalue weighted by Gasteiger charge is -2.11. The summed E-state index contributed by atoms with van der Waals surface area (Å²) in [5.74, 6) is -4.30. The number of ether oxygens (including phenoxy) is 1. The fourth-order valence-corrected chi connectivity index (χ4v) is 2.07. The van der Waals surface area contributed by atoms with Gasteiger partial charge in [-0.2, -0.15) is 4.39 Å². The molecule has 0 bridgehead atoms. The monoisotopic (exact) mass is 344 g/mol. The maximum absolute atomic E-state index is 13.6. The highest BCUT2D eigenvalue weighted by Gasteiger charge is 2.18. The number of hydrogen-bond donors (Lipinski definition) is 0. The van der Waals surface area contributed by atoms with Crippen molar-refractivity contribution >= 4 is 21.7 Å². The molecule has 0 radical (unpaired) electrons. The van der Waals surface area contributed by atoms with Crippen LogP contribution in [0.15, 0.2) is 34.8 Å². The van der Waals surface area contributed by atoms with E-state index in [0.29, 0.717) is 0 Å². The SMILES string of the molecule is CC(=O)c1c(F)cccc1Oc1cc(Br)cc(F)c1F. The number of benzene rings is 2. The predicted octanol–water partition coefficient (Wildman–Crippen LogP) is 4.86. The summed E-state index contributed by atoms with van der Waals surface area (Å²) in [6.45, 7) is 1.16. The molecule has 0 aromatic heterocycles. The molecule has 2 aromatic carbocycles. The van der Waals surface area contributed by atoms with Gasteiger partial charge >= 0.3 is 0 Å². The molecule has 20 heavy (non-hydrogen) atoms. The Bertz CT molecular complexity index is 686. The van der Waals surface area contributed by atoms with E-state index in [0.717, 1.165) is 19.1 Å². The summed E-state index contributed by atoms with van der Waals surface area (Å²) in [6.07, 6.45) is 0. The van der Waals surface area contributed by atoms with Gasteiger partial charge in [0.1, 0.15) is 11.6 Å². The third-order valence-corrected chi connectivity index (χ3v) is 2.96. The first-order chi connectivity index (χ1) is 9.40. The highest BCUT2D eigenvalue weighted by molar-refractivity contribution is 9.10. The maximum Gasteiger partial charge on any atom is 0.201 e. The van der Waals surface area contributed by atoms with E-state index < -0.39 is 29.0 Å². The fourth-order valence-electron chi connectivity index (χ4n) is 1.66. The molecule has 0 unspecified atom stereocenters. The molecule has 0 saturated carbocycles. The van der Waals surface area contributed by atoms with E-state index in [4.69, 9.17) is 4.74 Å². The summed E-state index contributed by atoms with van der Waals surface area (Å²) in [4.78, 5) is 11.4. The zero-order valence-electron chi connectivity index (χ0n) is 10.2. The Morgan fingerprint density at radius 3 is 2.45 bits per heavy atom. The Morgan fingerprint density at radius 1 is 1.10 bits per heavy atom. The van der Waals surface area contributed by atoms with Crippen molar-refractivity contribution in [1.29, 1.82) is 0 Å². The van der Waals surface area contributed by atoms with Gasteiger partial charge < -0.3 is 4.74 Å². The molecule has 0 aliphatic heterocycles. The zero-order valence-corrected chi connectivity index (χ0v) is 11.8. The summed E-state index contributed by atoms with van der Waals surface area (Å²) in [7, 11) is 0. The van der Waals surface area contributed by atoms with E-state index in [1.165, 1.54) is 18.2 Å². The Balaban J connectivity index is 2.51. The molecular formula is C14H8BrF3O2. The second kappa shape index (κ2) is 5.66. The van der Waals surface area contributed by atoms with Crippen LogP contribution in [0.25, 0.3) is 0 Å². The van der Waals surface area contributed by atoms with Crippen LogP contribution in [-0.4, -0.2) is 5.78 Å². The minimum absolute atomic E-state index is 0.172. The van der Waals surface area contributed by atoms with E-state index in [9.17, 15) is 18.0 Å². The lowest BCUT2D eigenvalue weighted by molar-refractivity contribution is 0.101. The largest absolute Gasteiger partial charge is 0.453 e. The molecule has 0 spiro atoms. The number of Topliss-reactive ketones (excluding diaryl/α,β-unsaturated/α-hetero) is 1. The topological polar surface area (TPSA) is 26.3 Å². The molecule has 104 valence electrons. The van der Waals surface area contributed by atoms with Gasteiger partial charge in [0, 0.05) is 4.47 Å². The molecule has 0 amide bonds. The van der Waals surface area contributed by atoms with Gasteiger partial charge in [-0.1, -0.05) is 22.0 Å². The third-order valence-electron chi connectivity index (χ3n) is 2.51. The smallest absolute Gasteiger partial charge is 0.201 e. The van der Waals surface area contributed by atoms with Crippen LogP contribution in [-0.2, 0) is 0 Å². The summed E-state index contributed by atoms with van der Waals surface area (Å²) < 4.78 is 45.8. The van der Waals surface area contributed by atoms with Crippen LogP contribution >= 0.6 is 15.9 Å². The summed E-state index contributed by atoms with van der Waals surface area (Å²) in [5.41, 5.74) is -0.313. The standard InChI is InChI=1S/C14H8BrF3O2/c1-7(19)13-9(16)3-2-4-11(13)20-12-6-8(15)5-10(17)14(12)18/h2-6H,1H3. The molecule has 2 nitrogen and oxygen atoms in total. The van der Waals surface area contributed by atoms with Crippen LogP contribution in [0.3, 0.4) is 0 Å². The van der Waals surface area contributed by atoms with Crippen molar-refractivity contribution in [3.05, 3.63) is 57.8 Å². The van der Waals surface area contributed by atoms with Gasteiger partial charge in [-0.05, 0) is 31.2 Å². The molecule has 6 heteroatoms. The van der Waals surface area contributed by atoms with E-state index >= 15 is 0 Å². The summed E-state index contributed by atoms with van der Waals surface area (Å²) in [5, 5.41) is 0. The van der Waals surface area contributed by atoms with Crippen LogP contribution < -0.4 is 4.74 Å². The first-order valence-corrected chi connectivity index (χ1v) is 6.31. The number of carbonyl (C=O) groups is 1. The normalized spacial score (nSPS) is 10.4. The van der Waals surface area contributed by atoms with Gasteiger partial charge in [-0.25, -0.2) is 8.78 Å². The summed E-state index contributed by atoms with van der Waals surface area (Å²) in [6, 6.07) is 5.82. The Labute approximate surface area is 121 Å². The second-order valence-electron chi connectivity index (χ2n) is 3.97. The van der Waals surface area contributed by atoms with Gasteiger partial charge in [-0.15, -0.1) is 0 Å². The molecule has 0 N–H and O–H groups in total. The van der Waals surface area contributed by atoms with E-state index in [1.54, 1.807) is 0 Å². The first-order valence-electron chi connectivity index (χ1n) is 5.52. The maximum atomic E-state index is 13.6. The predicted molar refractivity (Wildman–Crippen MR) is 70.5 cm³/mol. The van der Waals surface area contributed by atoms with E-state index in [-0.39, 0.29) is 15.8 Å². The molecule has 0 aliphatic rings. The minimum Gasteiger partial charge on any atom is -0.453 e. The van der Waals surface area contributed by atoms with Crippen molar-refractivity contribution in [2.45, 2.75) is 6.92 Å². The van der Waals surface area contributed by atoms with E-state index in [1.807, 2.05) is 0 Å². The number of hydrogen-bond acceptors (Lipinski definition) is 2. The number of carbonyl (C=O) groups excluding carboxylic acids is 1. The molecular weight excluding hydrogens is 337 g/mol. The molecule has 0 saturated heterocycles. The number of ketones is 1.